The summed E-state index contributed by atoms with van der Waals surface area (Å²) in [5.41, 5.74) is 0.323. The van der Waals surface area contributed by atoms with Crippen molar-refractivity contribution in [2.45, 2.75) is 29.4 Å². The number of methoxy groups -OCH3 is 1. The molecule has 2 heterocycles. The van der Waals surface area contributed by atoms with Crippen LogP contribution in [-0.2, 0) is 19.6 Å². The fourth-order valence-corrected chi connectivity index (χ4v) is 6.03. The van der Waals surface area contributed by atoms with E-state index >= 15 is 0 Å². The second-order valence-corrected chi connectivity index (χ2v) is 9.87. The third-order valence-corrected chi connectivity index (χ3v) is 7.91. The highest BCUT2D eigenvalue weighted by Crippen LogP contribution is 2.24. The third-order valence-electron chi connectivity index (χ3n) is 4.85. The van der Waals surface area contributed by atoms with Gasteiger partial charge in [-0.15, -0.1) is 11.8 Å². The Balaban J connectivity index is 1.78. The molecule has 0 aliphatic carbocycles. The van der Waals surface area contributed by atoms with Crippen LogP contribution in [0.4, 0.5) is 0 Å². The van der Waals surface area contributed by atoms with Gasteiger partial charge in [0.25, 0.3) is 5.91 Å². The molecule has 1 atom stereocenters. The molecule has 7 nitrogen and oxygen atoms in total. The molecule has 0 spiro atoms. The van der Waals surface area contributed by atoms with E-state index in [1.165, 1.54) is 35.3 Å². The van der Waals surface area contributed by atoms with Crippen LogP contribution in [0.1, 0.15) is 29.6 Å². The Morgan fingerprint density at radius 3 is 2.59 bits per heavy atom. The van der Waals surface area contributed by atoms with Gasteiger partial charge in [-0.3, -0.25) is 9.59 Å². The number of ether oxygens (including phenoxy) is 1. The number of nitrogens with zero attached hydrogens (tertiary/aromatic N) is 2. The Bertz CT molecular complexity index is 806. The number of hydrogen-bond acceptors (Lipinski definition) is 6. The quantitative estimate of drug-likeness (QED) is 0.699. The van der Waals surface area contributed by atoms with Crippen molar-refractivity contribution >= 4 is 33.7 Å². The lowest BCUT2D eigenvalue weighted by molar-refractivity contribution is -0.140. The largest absolute Gasteiger partial charge is 0.468 e. The zero-order valence-corrected chi connectivity index (χ0v) is 16.9. The van der Waals surface area contributed by atoms with Crippen molar-refractivity contribution in [1.29, 1.82) is 0 Å². The van der Waals surface area contributed by atoms with Crippen molar-refractivity contribution in [3.8, 4) is 0 Å². The molecule has 148 valence electrons. The summed E-state index contributed by atoms with van der Waals surface area (Å²) in [5.74, 6) is 0.0240. The van der Waals surface area contributed by atoms with Gasteiger partial charge in [-0.1, -0.05) is 12.5 Å². The van der Waals surface area contributed by atoms with Crippen LogP contribution in [0, 0.1) is 0 Å². The number of piperidine rings is 1. The third kappa shape index (κ3) is 4.47. The molecule has 0 N–H and O–H groups in total. The average molecular weight is 413 g/mol. The first kappa shape index (κ1) is 20.2. The Hall–Kier alpha value is -1.58. The molecule has 1 aromatic carbocycles. The van der Waals surface area contributed by atoms with Gasteiger partial charge in [0.05, 0.1) is 12.0 Å². The summed E-state index contributed by atoms with van der Waals surface area (Å²) in [7, 11) is -2.26. The summed E-state index contributed by atoms with van der Waals surface area (Å²) in [6, 6.07) is 6.19. The second kappa shape index (κ2) is 8.62. The van der Waals surface area contributed by atoms with Crippen LogP contribution in [0.2, 0.25) is 0 Å². The van der Waals surface area contributed by atoms with Crippen molar-refractivity contribution < 1.29 is 22.7 Å². The highest BCUT2D eigenvalue weighted by molar-refractivity contribution is 8.00. The topological polar surface area (TPSA) is 84.0 Å². The smallest absolute Gasteiger partial charge is 0.320 e. The van der Waals surface area contributed by atoms with Crippen molar-refractivity contribution in [2.75, 3.05) is 39.0 Å². The number of amides is 1. The number of benzene rings is 1. The maximum Gasteiger partial charge on any atom is 0.320 e. The van der Waals surface area contributed by atoms with E-state index in [1.54, 1.807) is 17.0 Å². The molecule has 3 rings (SSSR count). The molecule has 0 unspecified atom stereocenters. The minimum absolute atomic E-state index is 0.145. The molecule has 2 aliphatic rings. The molecule has 2 saturated heterocycles. The molecule has 0 radical (unpaired) electrons. The van der Waals surface area contributed by atoms with Gasteiger partial charge in [-0.05, 0) is 31.0 Å². The van der Waals surface area contributed by atoms with Crippen LogP contribution in [0.15, 0.2) is 29.2 Å². The number of carbonyl (C=O) groups excluding carboxylic acids is 2. The van der Waals surface area contributed by atoms with Crippen molar-refractivity contribution in [3.63, 3.8) is 0 Å². The van der Waals surface area contributed by atoms with E-state index in [2.05, 4.69) is 0 Å². The highest BCUT2D eigenvalue weighted by atomic mass is 32.2. The second-order valence-electron chi connectivity index (χ2n) is 6.63. The lowest BCUT2D eigenvalue weighted by Gasteiger charge is -2.31. The van der Waals surface area contributed by atoms with E-state index in [0.29, 0.717) is 31.0 Å². The fourth-order valence-electron chi connectivity index (χ4n) is 3.33. The zero-order valence-electron chi connectivity index (χ0n) is 15.3. The zero-order chi connectivity index (χ0) is 19.4. The molecule has 27 heavy (non-hydrogen) atoms. The van der Waals surface area contributed by atoms with Gasteiger partial charge in [-0.2, -0.15) is 4.31 Å². The van der Waals surface area contributed by atoms with E-state index < -0.39 is 15.3 Å². The van der Waals surface area contributed by atoms with Crippen molar-refractivity contribution in [1.82, 2.24) is 9.21 Å². The van der Waals surface area contributed by atoms with Gasteiger partial charge in [-0.25, -0.2) is 8.42 Å². The summed E-state index contributed by atoms with van der Waals surface area (Å²) in [6.45, 7) is 1.81. The molecule has 0 aromatic heterocycles. The minimum atomic E-state index is -3.59. The Kier molecular flexibility index (Phi) is 6.44. The predicted molar refractivity (Wildman–Crippen MR) is 103 cm³/mol. The first-order valence-electron chi connectivity index (χ1n) is 9.02. The van der Waals surface area contributed by atoms with Crippen LogP contribution in [0.5, 0.6) is 0 Å². The van der Waals surface area contributed by atoms with Gasteiger partial charge < -0.3 is 9.64 Å². The van der Waals surface area contributed by atoms with E-state index in [-0.39, 0.29) is 23.3 Å². The number of thioether (sulfide) groups is 1. The number of carbonyl (C=O) groups is 2. The molecule has 0 saturated carbocycles. The van der Waals surface area contributed by atoms with Crippen LogP contribution in [0.25, 0.3) is 0 Å². The average Bonchev–Trinajstić information content (AvgIpc) is 2.73. The SMILES string of the molecule is COC(=O)[C@@H]1CN(C(=O)c2cccc(S(=O)(=O)N3CCCCC3)c2)CCS1. The van der Waals surface area contributed by atoms with Gasteiger partial charge in [0.15, 0.2) is 0 Å². The maximum absolute atomic E-state index is 12.9. The van der Waals surface area contributed by atoms with Crippen LogP contribution in [-0.4, -0.2) is 73.8 Å². The van der Waals surface area contributed by atoms with Crippen LogP contribution in [0.3, 0.4) is 0 Å². The lowest BCUT2D eigenvalue weighted by Crippen LogP contribution is -2.45. The molecule has 2 fully saturated rings. The summed E-state index contributed by atoms with van der Waals surface area (Å²) >= 11 is 1.47. The van der Waals surface area contributed by atoms with Gasteiger partial charge in [0, 0.05) is 37.5 Å². The summed E-state index contributed by atoms with van der Waals surface area (Å²) in [6.07, 6.45) is 2.76. The molecule has 1 amide bonds. The van der Waals surface area contributed by atoms with E-state index in [1.807, 2.05) is 0 Å². The van der Waals surface area contributed by atoms with Crippen LogP contribution < -0.4 is 0 Å². The summed E-state index contributed by atoms with van der Waals surface area (Å²) in [4.78, 5) is 26.4. The van der Waals surface area contributed by atoms with Crippen molar-refractivity contribution in [2.24, 2.45) is 0 Å². The Labute approximate surface area is 164 Å². The maximum atomic E-state index is 12.9. The van der Waals surface area contributed by atoms with Gasteiger partial charge >= 0.3 is 5.97 Å². The Morgan fingerprint density at radius 2 is 1.89 bits per heavy atom. The molecule has 9 heteroatoms. The van der Waals surface area contributed by atoms with Gasteiger partial charge in [0.1, 0.15) is 5.25 Å². The van der Waals surface area contributed by atoms with E-state index in [9.17, 15) is 18.0 Å². The molecule has 0 bridgehead atoms. The number of sulfonamides is 1. The highest BCUT2D eigenvalue weighted by Gasteiger charge is 2.31. The number of hydrogen-bond donors (Lipinski definition) is 0. The fraction of sp³-hybridized carbons (Fsp3) is 0.556. The number of esters is 1. The Morgan fingerprint density at radius 1 is 1.15 bits per heavy atom. The molecule has 2 aliphatic heterocycles. The van der Waals surface area contributed by atoms with Crippen LogP contribution >= 0.6 is 11.8 Å². The molecule has 1 aromatic rings. The molecular formula is C18H24N2O5S2. The van der Waals surface area contributed by atoms with Crippen molar-refractivity contribution in [3.05, 3.63) is 29.8 Å². The predicted octanol–water partition coefficient (Wildman–Crippen LogP) is 1.59. The van der Waals surface area contributed by atoms with E-state index in [0.717, 1.165) is 19.3 Å². The molecular weight excluding hydrogens is 388 g/mol. The minimum Gasteiger partial charge on any atom is -0.468 e. The lowest BCUT2D eigenvalue weighted by atomic mass is 10.2. The normalized spacial score (nSPS) is 21.7. The summed E-state index contributed by atoms with van der Waals surface area (Å²) in [5, 5.41) is -0.409. The van der Waals surface area contributed by atoms with Gasteiger partial charge in [0.2, 0.25) is 10.0 Å². The van der Waals surface area contributed by atoms with E-state index in [4.69, 9.17) is 4.74 Å². The first-order valence-corrected chi connectivity index (χ1v) is 11.5. The standard InChI is InChI=1S/C18H24N2O5S2/c1-25-18(22)16-13-19(10-11-26-16)17(21)14-6-5-7-15(12-14)27(23,24)20-8-3-2-4-9-20/h5-7,12,16H,2-4,8-11,13H2,1H3/t16-/m0/s1. The first-order chi connectivity index (χ1) is 12.9. The number of rotatable bonds is 4. The monoisotopic (exact) mass is 412 g/mol. The summed E-state index contributed by atoms with van der Waals surface area (Å²) < 4.78 is 32.0.